The van der Waals surface area contributed by atoms with Crippen LogP contribution < -0.4 is 0 Å². The maximum Gasteiger partial charge on any atom is 0.0364 e. The fourth-order valence-corrected chi connectivity index (χ4v) is 3.66. The summed E-state index contributed by atoms with van der Waals surface area (Å²) >= 11 is 11.6. The molecule has 0 saturated heterocycles. The van der Waals surface area contributed by atoms with E-state index in [9.17, 15) is 0 Å². The molecule has 78 valence electrons. The maximum absolute atomic E-state index is 6.25. The maximum atomic E-state index is 6.25. The number of halogens is 2. The van der Waals surface area contributed by atoms with Crippen molar-refractivity contribution in [3.05, 3.63) is 20.8 Å². The average Bonchev–Trinajstić information content (AvgIpc) is 2.93. The van der Waals surface area contributed by atoms with Gasteiger partial charge in [0, 0.05) is 14.7 Å². The standard InChI is InChI=1S/C11H14BrClS/c12-9-6-7-14-11(9)3-1-2-10(13)8-4-5-8/h6-8,10H,1-5H2. The van der Waals surface area contributed by atoms with E-state index in [1.165, 1.54) is 41.5 Å². The number of aryl methyl sites for hydroxylation is 1. The molecular formula is C11H14BrClS. The minimum absolute atomic E-state index is 0.439. The lowest BCUT2D eigenvalue weighted by Gasteiger charge is -2.06. The lowest BCUT2D eigenvalue weighted by molar-refractivity contribution is 0.639. The minimum atomic E-state index is 0.439. The van der Waals surface area contributed by atoms with E-state index in [0.717, 1.165) is 5.92 Å². The topological polar surface area (TPSA) is 0 Å². The molecule has 1 saturated carbocycles. The quantitative estimate of drug-likeness (QED) is 0.681. The van der Waals surface area contributed by atoms with Crippen molar-refractivity contribution in [1.29, 1.82) is 0 Å². The third-order valence-corrected chi connectivity index (χ3v) is 5.27. The predicted octanol–water partition coefficient (Wildman–Crippen LogP) is 4.85. The van der Waals surface area contributed by atoms with E-state index in [-0.39, 0.29) is 0 Å². The third-order valence-electron chi connectivity index (χ3n) is 2.71. The molecule has 1 atom stereocenters. The van der Waals surface area contributed by atoms with Gasteiger partial charge in [0.2, 0.25) is 0 Å². The van der Waals surface area contributed by atoms with E-state index in [1.54, 1.807) is 0 Å². The normalized spacial score (nSPS) is 18.4. The third kappa shape index (κ3) is 2.98. The van der Waals surface area contributed by atoms with Gasteiger partial charge >= 0.3 is 0 Å². The minimum Gasteiger partial charge on any atom is -0.148 e. The summed E-state index contributed by atoms with van der Waals surface area (Å²) in [5, 5.41) is 2.58. The molecule has 0 N–H and O–H groups in total. The van der Waals surface area contributed by atoms with Gasteiger partial charge in [0.05, 0.1) is 0 Å². The smallest absolute Gasteiger partial charge is 0.0364 e. The van der Waals surface area contributed by atoms with Crippen LogP contribution in [0, 0.1) is 5.92 Å². The molecule has 1 fully saturated rings. The number of hydrogen-bond donors (Lipinski definition) is 0. The second kappa shape index (κ2) is 5.00. The van der Waals surface area contributed by atoms with E-state index < -0.39 is 0 Å². The molecule has 1 aromatic rings. The van der Waals surface area contributed by atoms with Crippen LogP contribution in [-0.4, -0.2) is 5.38 Å². The van der Waals surface area contributed by atoms with Gasteiger partial charge in [-0.3, -0.25) is 0 Å². The Bertz CT molecular complexity index is 293. The summed E-state index contributed by atoms with van der Waals surface area (Å²) in [6.45, 7) is 0. The fraction of sp³-hybridized carbons (Fsp3) is 0.636. The number of alkyl halides is 1. The van der Waals surface area contributed by atoms with Gasteiger partial charge in [-0.1, -0.05) is 0 Å². The summed E-state index contributed by atoms with van der Waals surface area (Å²) in [4.78, 5) is 1.46. The van der Waals surface area contributed by atoms with Gasteiger partial charge in [0.15, 0.2) is 0 Å². The van der Waals surface area contributed by atoms with Crippen LogP contribution in [0.1, 0.15) is 30.6 Å². The van der Waals surface area contributed by atoms with Gasteiger partial charge in [0.1, 0.15) is 0 Å². The summed E-state index contributed by atoms with van der Waals surface area (Å²) < 4.78 is 1.26. The van der Waals surface area contributed by atoms with Crippen molar-refractivity contribution < 1.29 is 0 Å². The SMILES string of the molecule is ClC(CCCc1sccc1Br)C1CC1. The number of hydrogen-bond acceptors (Lipinski definition) is 1. The lowest BCUT2D eigenvalue weighted by Crippen LogP contribution is -2.01. The van der Waals surface area contributed by atoms with Crippen LogP contribution >= 0.6 is 38.9 Å². The Morgan fingerprint density at radius 2 is 2.36 bits per heavy atom. The summed E-state index contributed by atoms with van der Waals surface area (Å²) in [5.74, 6) is 0.837. The molecule has 14 heavy (non-hydrogen) atoms. The molecule has 0 bridgehead atoms. The molecule has 1 unspecified atom stereocenters. The van der Waals surface area contributed by atoms with Crippen molar-refractivity contribution in [3.63, 3.8) is 0 Å². The monoisotopic (exact) mass is 292 g/mol. The summed E-state index contributed by atoms with van der Waals surface area (Å²) in [6.07, 6.45) is 6.29. The molecular weight excluding hydrogens is 280 g/mol. The summed E-state index contributed by atoms with van der Waals surface area (Å²) in [6, 6.07) is 2.12. The highest BCUT2D eigenvalue weighted by Gasteiger charge is 2.28. The van der Waals surface area contributed by atoms with Crippen molar-refractivity contribution in [2.24, 2.45) is 5.92 Å². The molecule has 0 radical (unpaired) electrons. The molecule has 1 aliphatic rings. The van der Waals surface area contributed by atoms with E-state index in [0.29, 0.717) is 5.38 Å². The molecule has 0 spiro atoms. The van der Waals surface area contributed by atoms with Gasteiger partial charge in [0.25, 0.3) is 0 Å². The molecule has 3 heteroatoms. The molecule has 0 aliphatic heterocycles. The average molecular weight is 294 g/mol. The summed E-state index contributed by atoms with van der Waals surface area (Å²) in [5.41, 5.74) is 0. The predicted molar refractivity (Wildman–Crippen MR) is 67.3 cm³/mol. The van der Waals surface area contributed by atoms with Gasteiger partial charge < -0.3 is 0 Å². The van der Waals surface area contributed by atoms with Crippen LogP contribution in [0.15, 0.2) is 15.9 Å². The van der Waals surface area contributed by atoms with Gasteiger partial charge in [-0.15, -0.1) is 22.9 Å². The Labute approximate surface area is 103 Å². The van der Waals surface area contributed by atoms with Gasteiger partial charge in [-0.05, 0) is 65.4 Å². The molecule has 2 rings (SSSR count). The number of rotatable bonds is 5. The zero-order chi connectivity index (χ0) is 9.97. The van der Waals surface area contributed by atoms with Gasteiger partial charge in [-0.2, -0.15) is 0 Å². The Morgan fingerprint density at radius 3 is 2.93 bits per heavy atom. The fourth-order valence-electron chi connectivity index (χ4n) is 1.65. The van der Waals surface area contributed by atoms with Crippen molar-refractivity contribution in [1.82, 2.24) is 0 Å². The Hall–Kier alpha value is 0.470. The zero-order valence-electron chi connectivity index (χ0n) is 8.01. The first kappa shape index (κ1) is 11.0. The highest BCUT2D eigenvalue weighted by molar-refractivity contribution is 9.10. The second-order valence-electron chi connectivity index (χ2n) is 3.94. The lowest BCUT2D eigenvalue weighted by atomic mass is 10.1. The molecule has 1 aromatic heterocycles. The Morgan fingerprint density at radius 1 is 1.57 bits per heavy atom. The van der Waals surface area contributed by atoms with Crippen LogP contribution in [0.4, 0.5) is 0 Å². The van der Waals surface area contributed by atoms with E-state index in [2.05, 4.69) is 27.4 Å². The van der Waals surface area contributed by atoms with Crippen LogP contribution in [-0.2, 0) is 6.42 Å². The molecule has 0 amide bonds. The van der Waals surface area contributed by atoms with E-state index >= 15 is 0 Å². The van der Waals surface area contributed by atoms with Crippen LogP contribution in [0.5, 0.6) is 0 Å². The number of thiophene rings is 1. The van der Waals surface area contributed by atoms with Crippen molar-refractivity contribution in [2.75, 3.05) is 0 Å². The molecule has 1 heterocycles. The van der Waals surface area contributed by atoms with E-state index in [1.807, 2.05) is 11.3 Å². The Kier molecular flexibility index (Phi) is 3.92. The van der Waals surface area contributed by atoms with E-state index in [4.69, 9.17) is 11.6 Å². The first-order chi connectivity index (χ1) is 6.77. The van der Waals surface area contributed by atoms with Crippen molar-refractivity contribution >= 4 is 38.9 Å². The summed E-state index contributed by atoms with van der Waals surface area (Å²) in [7, 11) is 0. The first-order valence-electron chi connectivity index (χ1n) is 5.13. The molecule has 1 aliphatic carbocycles. The highest BCUT2D eigenvalue weighted by atomic mass is 79.9. The van der Waals surface area contributed by atoms with Gasteiger partial charge in [-0.25, -0.2) is 0 Å². The first-order valence-corrected chi connectivity index (χ1v) is 7.24. The van der Waals surface area contributed by atoms with Crippen LogP contribution in [0.3, 0.4) is 0 Å². The molecule has 0 nitrogen and oxygen atoms in total. The largest absolute Gasteiger partial charge is 0.148 e. The van der Waals surface area contributed by atoms with Crippen molar-refractivity contribution in [3.8, 4) is 0 Å². The Balaban J connectivity index is 1.69. The molecule has 0 aromatic carbocycles. The highest BCUT2D eigenvalue weighted by Crippen LogP contribution is 2.38. The van der Waals surface area contributed by atoms with Crippen molar-refractivity contribution in [2.45, 2.75) is 37.5 Å². The second-order valence-corrected chi connectivity index (χ2v) is 6.35. The van der Waals surface area contributed by atoms with Crippen LogP contribution in [0.25, 0.3) is 0 Å². The van der Waals surface area contributed by atoms with Crippen LogP contribution in [0.2, 0.25) is 0 Å². The zero-order valence-corrected chi connectivity index (χ0v) is 11.2.